The molecule has 6 heteroatoms. The normalized spacial score (nSPS) is 14.4. The third-order valence-corrected chi connectivity index (χ3v) is 3.92. The van der Waals surface area contributed by atoms with Crippen LogP contribution in [0.4, 0.5) is 0 Å². The molecule has 0 radical (unpaired) electrons. The number of carbonyl (C=O) groups is 2. The lowest BCUT2D eigenvalue weighted by Crippen LogP contribution is -2.32. The fourth-order valence-corrected chi connectivity index (χ4v) is 2.08. The van der Waals surface area contributed by atoms with Crippen LogP contribution >= 0.6 is 24.4 Å². The van der Waals surface area contributed by atoms with Crippen LogP contribution in [-0.2, 0) is 14.3 Å². The number of carboxylic acids is 1. The molecule has 0 amide bonds. The molecule has 0 aromatic carbocycles. The van der Waals surface area contributed by atoms with Gasteiger partial charge in [-0.25, -0.2) is 4.79 Å². The monoisotopic (exact) mass is 280 g/mol. The first-order valence-corrected chi connectivity index (χ1v) is 7.29. The molecule has 0 fully saturated rings. The quantitative estimate of drug-likeness (QED) is 0.525. The number of esters is 1. The first-order chi connectivity index (χ1) is 7.88. The maximum Gasteiger partial charge on any atom is 0.345 e. The van der Waals surface area contributed by atoms with Crippen LogP contribution in [0.3, 0.4) is 0 Å². The van der Waals surface area contributed by atoms with Gasteiger partial charge in [0.1, 0.15) is 0 Å². The second-order valence-electron chi connectivity index (χ2n) is 4.28. The molecule has 0 aromatic rings. The van der Waals surface area contributed by atoms with Crippen molar-refractivity contribution in [2.45, 2.75) is 26.9 Å². The van der Waals surface area contributed by atoms with E-state index in [1.807, 2.05) is 0 Å². The molecule has 0 saturated carbocycles. The molecule has 0 spiro atoms. The molecule has 4 nitrogen and oxygen atoms in total. The third-order valence-electron chi connectivity index (χ3n) is 1.93. The van der Waals surface area contributed by atoms with E-state index in [0.29, 0.717) is 17.4 Å². The number of thiol groups is 1. The van der Waals surface area contributed by atoms with Crippen LogP contribution in [0.2, 0.25) is 0 Å². The summed E-state index contributed by atoms with van der Waals surface area (Å²) in [6, 6.07) is 0. The van der Waals surface area contributed by atoms with Gasteiger partial charge in [-0.2, -0.15) is 24.4 Å². The Labute approximate surface area is 112 Å². The Hall–Kier alpha value is -0.360. The van der Waals surface area contributed by atoms with Gasteiger partial charge in [-0.1, -0.05) is 20.8 Å². The minimum Gasteiger partial charge on any atom is -0.478 e. The largest absolute Gasteiger partial charge is 0.478 e. The number of carboxylic acid groups (broad SMARTS) is 1. The lowest BCUT2D eigenvalue weighted by atomic mass is 10.2. The summed E-state index contributed by atoms with van der Waals surface area (Å²) in [5.41, 5.74) is 0. The summed E-state index contributed by atoms with van der Waals surface area (Å²) in [5.74, 6) is 0.00191. The third kappa shape index (κ3) is 7.54. The van der Waals surface area contributed by atoms with E-state index < -0.39 is 18.0 Å². The maximum atomic E-state index is 11.4. The van der Waals surface area contributed by atoms with Gasteiger partial charge in [0.25, 0.3) is 0 Å². The minimum absolute atomic E-state index is 0.290. The summed E-state index contributed by atoms with van der Waals surface area (Å²) in [5, 5.41) is 8.93. The highest BCUT2D eigenvalue weighted by Gasteiger charge is 2.24. The average Bonchev–Trinajstić information content (AvgIpc) is 2.25. The highest BCUT2D eigenvalue weighted by molar-refractivity contribution is 7.99. The van der Waals surface area contributed by atoms with Crippen LogP contribution in [0.1, 0.15) is 20.8 Å². The molecule has 0 rings (SSSR count). The van der Waals surface area contributed by atoms with Crippen molar-refractivity contribution >= 4 is 36.3 Å². The highest BCUT2D eigenvalue weighted by Crippen LogP contribution is 2.13. The van der Waals surface area contributed by atoms with Crippen LogP contribution in [-0.4, -0.2) is 40.4 Å². The Kier molecular flexibility index (Phi) is 8.51. The predicted octanol–water partition coefficient (Wildman–Crippen LogP) is 1.94. The van der Waals surface area contributed by atoms with Gasteiger partial charge in [0, 0.05) is 11.5 Å². The van der Waals surface area contributed by atoms with E-state index in [4.69, 9.17) is 9.84 Å². The Balaban J connectivity index is 4.16. The summed E-state index contributed by atoms with van der Waals surface area (Å²) in [7, 11) is 0. The van der Waals surface area contributed by atoms with Gasteiger partial charge < -0.3 is 9.84 Å². The van der Waals surface area contributed by atoms with Crippen molar-refractivity contribution in [1.82, 2.24) is 0 Å². The highest BCUT2D eigenvalue weighted by atomic mass is 32.2. The molecule has 0 unspecified atom stereocenters. The molecule has 100 valence electrons. The van der Waals surface area contributed by atoms with E-state index in [9.17, 15) is 9.59 Å². The average molecular weight is 280 g/mol. The van der Waals surface area contributed by atoms with E-state index in [1.165, 1.54) is 11.8 Å². The fourth-order valence-electron chi connectivity index (χ4n) is 0.897. The number of carbonyl (C=O) groups excluding carboxylic acids is 1. The van der Waals surface area contributed by atoms with Crippen LogP contribution in [0, 0.1) is 11.8 Å². The molecule has 2 atom stereocenters. The number of thioether (sulfide) groups is 1. The van der Waals surface area contributed by atoms with Gasteiger partial charge in [-0.3, -0.25) is 4.79 Å². The van der Waals surface area contributed by atoms with Gasteiger partial charge in [0.15, 0.2) is 0 Å². The summed E-state index contributed by atoms with van der Waals surface area (Å²) < 4.78 is 4.94. The number of aliphatic carboxylic acids is 1. The van der Waals surface area contributed by atoms with Crippen molar-refractivity contribution in [3.05, 3.63) is 0 Å². The smallest absolute Gasteiger partial charge is 0.345 e. The summed E-state index contributed by atoms with van der Waals surface area (Å²) in [4.78, 5) is 22.4. The molecule has 17 heavy (non-hydrogen) atoms. The molecule has 0 aromatic heterocycles. The number of hydrogen-bond donors (Lipinski definition) is 2. The Bertz CT molecular complexity index is 256. The second-order valence-corrected chi connectivity index (χ2v) is 5.72. The van der Waals surface area contributed by atoms with Gasteiger partial charge in [-0.15, -0.1) is 0 Å². The number of ether oxygens (including phenoxy) is 1. The number of hydrogen-bond acceptors (Lipinski definition) is 5. The van der Waals surface area contributed by atoms with Crippen molar-refractivity contribution in [3.8, 4) is 0 Å². The Morgan fingerprint density at radius 2 is 1.88 bits per heavy atom. The minimum atomic E-state index is -1.10. The maximum absolute atomic E-state index is 11.4. The molecule has 0 aliphatic rings. The molecular weight excluding hydrogens is 260 g/mol. The van der Waals surface area contributed by atoms with E-state index in [-0.39, 0.29) is 5.92 Å². The van der Waals surface area contributed by atoms with Crippen molar-refractivity contribution in [2.24, 2.45) is 11.8 Å². The summed E-state index contributed by atoms with van der Waals surface area (Å²) in [6.45, 7) is 5.77. The van der Waals surface area contributed by atoms with E-state index in [2.05, 4.69) is 26.5 Å². The first-order valence-electron chi connectivity index (χ1n) is 5.50. The molecular formula is C11H20O4S2. The van der Waals surface area contributed by atoms with Crippen LogP contribution in [0.5, 0.6) is 0 Å². The van der Waals surface area contributed by atoms with Gasteiger partial charge in [0.2, 0.25) is 6.10 Å². The molecule has 0 aliphatic heterocycles. The van der Waals surface area contributed by atoms with Crippen molar-refractivity contribution in [3.63, 3.8) is 0 Å². The van der Waals surface area contributed by atoms with Gasteiger partial charge in [-0.05, 0) is 11.7 Å². The van der Waals surface area contributed by atoms with Crippen LogP contribution in [0.25, 0.3) is 0 Å². The zero-order valence-corrected chi connectivity index (χ0v) is 12.1. The van der Waals surface area contributed by atoms with Crippen LogP contribution in [0.15, 0.2) is 0 Å². The first kappa shape index (κ1) is 16.6. The fraction of sp³-hybridized carbons (Fsp3) is 0.818. The Morgan fingerprint density at radius 1 is 1.29 bits per heavy atom. The predicted molar refractivity (Wildman–Crippen MR) is 72.7 cm³/mol. The SMILES string of the molecule is CC(C)CSC[C@H](OC(=O)[C@H](C)CS)C(=O)O. The Morgan fingerprint density at radius 3 is 2.29 bits per heavy atom. The molecule has 0 saturated heterocycles. The second kappa shape index (κ2) is 8.69. The van der Waals surface area contributed by atoms with Crippen molar-refractivity contribution in [1.29, 1.82) is 0 Å². The zero-order valence-electron chi connectivity index (χ0n) is 10.4. The standard InChI is InChI=1S/C11H20O4S2/c1-7(2)5-17-6-9(10(12)13)15-11(14)8(3)4-16/h7-9,16H,4-6H2,1-3H3,(H,12,13)/t8-,9+/m1/s1. The van der Waals surface area contributed by atoms with Crippen molar-refractivity contribution < 1.29 is 19.4 Å². The lowest BCUT2D eigenvalue weighted by molar-refractivity contribution is -0.164. The molecule has 1 N–H and O–H groups in total. The van der Waals surface area contributed by atoms with Crippen molar-refractivity contribution in [2.75, 3.05) is 17.3 Å². The van der Waals surface area contributed by atoms with Gasteiger partial charge >= 0.3 is 11.9 Å². The van der Waals surface area contributed by atoms with E-state index >= 15 is 0 Å². The van der Waals surface area contributed by atoms with E-state index in [1.54, 1.807) is 6.92 Å². The summed E-state index contributed by atoms with van der Waals surface area (Å²) in [6.07, 6.45) is -1.06. The molecule has 0 bridgehead atoms. The van der Waals surface area contributed by atoms with E-state index in [0.717, 1.165) is 5.75 Å². The van der Waals surface area contributed by atoms with Crippen LogP contribution < -0.4 is 0 Å². The topological polar surface area (TPSA) is 63.6 Å². The summed E-state index contributed by atoms with van der Waals surface area (Å²) >= 11 is 5.45. The lowest BCUT2D eigenvalue weighted by Gasteiger charge is -2.16. The van der Waals surface area contributed by atoms with Gasteiger partial charge in [0.05, 0.1) is 5.92 Å². The zero-order chi connectivity index (χ0) is 13.4. The number of rotatable bonds is 8. The molecule has 0 aliphatic carbocycles. The molecule has 0 heterocycles.